The first-order valence-corrected chi connectivity index (χ1v) is 7.48. The summed E-state index contributed by atoms with van der Waals surface area (Å²) in [6, 6.07) is 0.221. The van der Waals surface area contributed by atoms with Crippen molar-refractivity contribution in [2.75, 3.05) is 30.4 Å². The molecule has 110 valence electrons. The summed E-state index contributed by atoms with van der Waals surface area (Å²) in [5, 5.41) is 13.3. The van der Waals surface area contributed by atoms with E-state index in [0.29, 0.717) is 5.92 Å². The number of nitrogens with one attached hydrogen (secondary N) is 1. The number of aliphatic hydroxyl groups excluding tert-OH is 1. The van der Waals surface area contributed by atoms with Crippen LogP contribution in [0.1, 0.15) is 37.1 Å². The molecule has 3 unspecified atom stereocenters. The first-order valence-electron chi connectivity index (χ1n) is 7.48. The van der Waals surface area contributed by atoms with Crippen molar-refractivity contribution in [1.29, 1.82) is 0 Å². The molecule has 0 radical (unpaired) electrons. The van der Waals surface area contributed by atoms with E-state index in [1.165, 1.54) is 11.3 Å². The highest BCUT2D eigenvalue weighted by atomic mass is 16.3. The van der Waals surface area contributed by atoms with Gasteiger partial charge in [-0.2, -0.15) is 0 Å². The highest BCUT2D eigenvalue weighted by Gasteiger charge is 2.31. The van der Waals surface area contributed by atoms with Crippen molar-refractivity contribution in [2.24, 2.45) is 11.7 Å². The largest absolute Gasteiger partial charge is 0.387 e. The maximum Gasteiger partial charge on any atom is 0.0966 e. The van der Waals surface area contributed by atoms with Crippen LogP contribution >= 0.6 is 0 Å². The van der Waals surface area contributed by atoms with Gasteiger partial charge in [-0.1, -0.05) is 6.92 Å². The van der Waals surface area contributed by atoms with Gasteiger partial charge in [0, 0.05) is 31.7 Å². The van der Waals surface area contributed by atoms with Gasteiger partial charge >= 0.3 is 0 Å². The Hall–Kier alpha value is -1.33. The van der Waals surface area contributed by atoms with Gasteiger partial charge in [0.25, 0.3) is 0 Å². The third-order valence-corrected chi connectivity index (χ3v) is 4.44. The third-order valence-electron chi connectivity index (χ3n) is 4.44. The number of hydrogen-bond donors (Lipinski definition) is 3. The Balaban J connectivity index is 2.03. The number of pyridine rings is 1. The van der Waals surface area contributed by atoms with Crippen LogP contribution in [0.25, 0.3) is 0 Å². The van der Waals surface area contributed by atoms with E-state index in [0.717, 1.165) is 43.7 Å². The molecular weight excluding hydrogens is 252 g/mol. The fraction of sp³-hybridized carbons (Fsp3) is 0.667. The molecule has 0 amide bonds. The Bertz CT molecular complexity index is 495. The van der Waals surface area contributed by atoms with E-state index in [1.54, 1.807) is 0 Å². The fourth-order valence-electron chi connectivity index (χ4n) is 3.63. The average Bonchev–Trinajstić information content (AvgIpc) is 2.78. The minimum absolute atomic E-state index is 0.221. The van der Waals surface area contributed by atoms with Gasteiger partial charge in [-0.15, -0.1) is 0 Å². The number of anilines is 2. The van der Waals surface area contributed by atoms with Crippen molar-refractivity contribution in [3.63, 3.8) is 0 Å². The quantitative estimate of drug-likeness (QED) is 0.758. The molecule has 1 fully saturated rings. The number of nitrogens with two attached hydrogens (primary N) is 1. The van der Waals surface area contributed by atoms with E-state index in [9.17, 15) is 5.11 Å². The number of rotatable bonds is 2. The van der Waals surface area contributed by atoms with Crippen LogP contribution < -0.4 is 16.0 Å². The summed E-state index contributed by atoms with van der Waals surface area (Å²) in [4.78, 5) is 6.81. The summed E-state index contributed by atoms with van der Waals surface area (Å²) in [5.41, 5.74) is 10.5. The second-order valence-corrected chi connectivity index (χ2v) is 6.19. The molecule has 1 aliphatic heterocycles. The highest BCUT2D eigenvalue weighted by molar-refractivity contribution is 5.75. The first-order chi connectivity index (χ1) is 9.60. The van der Waals surface area contributed by atoms with Crippen molar-refractivity contribution in [1.82, 2.24) is 4.98 Å². The van der Waals surface area contributed by atoms with Crippen molar-refractivity contribution in [3.8, 4) is 0 Å². The van der Waals surface area contributed by atoms with Gasteiger partial charge in [-0.3, -0.25) is 4.98 Å². The zero-order chi connectivity index (χ0) is 14.3. The second-order valence-electron chi connectivity index (χ2n) is 6.19. The highest BCUT2D eigenvalue weighted by Crippen LogP contribution is 2.41. The number of fused-ring (bicyclic) bond motifs is 1. The lowest BCUT2D eigenvalue weighted by atomic mass is 9.95. The second kappa shape index (κ2) is 5.22. The summed E-state index contributed by atoms with van der Waals surface area (Å²) >= 11 is 0. The van der Waals surface area contributed by atoms with Crippen LogP contribution in [-0.2, 0) is 6.42 Å². The number of aliphatic hydroxyl groups is 1. The zero-order valence-electron chi connectivity index (χ0n) is 12.3. The maximum atomic E-state index is 10.0. The Labute approximate surface area is 120 Å². The molecule has 0 bridgehead atoms. The van der Waals surface area contributed by atoms with Crippen LogP contribution in [-0.4, -0.2) is 36.3 Å². The fourth-order valence-corrected chi connectivity index (χ4v) is 3.63. The minimum Gasteiger partial charge on any atom is -0.387 e. The molecule has 2 heterocycles. The number of nitrogens with zero attached hydrogens (tertiary/aromatic N) is 2. The van der Waals surface area contributed by atoms with Gasteiger partial charge < -0.3 is 21.1 Å². The number of aromatic nitrogens is 1. The molecule has 0 aromatic carbocycles. The molecule has 1 aliphatic carbocycles. The maximum absolute atomic E-state index is 10.0. The molecule has 0 spiro atoms. The normalized spacial score (nSPS) is 29.4. The topological polar surface area (TPSA) is 74.4 Å². The van der Waals surface area contributed by atoms with Gasteiger partial charge in [-0.25, -0.2) is 0 Å². The van der Waals surface area contributed by atoms with Gasteiger partial charge in [0.1, 0.15) is 0 Å². The Morgan fingerprint density at radius 3 is 2.95 bits per heavy atom. The monoisotopic (exact) mass is 276 g/mol. The first kappa shape index (κ1) is 13.6. The molecule has 4 N–H and O–H groups in total. The van der Waals surface area contributed by atoms with Crippen LogP contribution in [0.4, 0.5) is 11.4 Å². The van der Waals surface area contributed by atoms with Gasteiger partial charge in [-0.05, 0) is 25.2 Å². The van der Waals surface area contributed by atoms with Crippen LogP contribution in [0.5, 0.6) is 0 Å². The number of piperidine rings is 1. The lowest BCUT2D eigenvalue weighted by molar-refractivity contribution is 0.176. The lowest BCUT2D eigenvalue weighted by Crippen LogP contribution is -2.47. The van der Waals surface area contributed by atoms with E-state index in [4.69, 9.17) is 5.73 Å². The summed E-state index contributed by atoms with van der Waals surface area (Å²) in [6.45, 7) is 4.15. The van der Waals surface area contributed by atoms with E-state index < -0.39 is 6.10 Å². The standard InChI is InChI=1S/C15H24N4O/c1-9-5-10(16)8-19(7-9)15-11-3-4-13(20)14(11)18-6-12(15)17-2/h6,9-10,13,17,20H,3-5,7-8,16H2,1-2H3. The molecule has 5 heteroatoms. The van der Waals surface area contributed by atoms with Crippen LogP contribution in [0, 0.1) is 5.92 Å². The Morgan fingerprint density at radius 2 is 2.25 bits per heavy atom. The van der Waals surface area contributed by atoms with Crippen molar-refractivity contribution in [2.45, 2.75) is 38.3 Å². The van der Waals surface area contributed by atoms with Crippen molar-refractivity contribution in [3.05, 3.63) is 17.5 Å². The van der Waals surface area contributed by atoms with Crippen LogP contribution in [0.3, 0.4) is 0 Å². The summed E-state index contributed by atoms with van der Waals surface area (Å²) < 4.78 is 0. The molecule has 5 nitrogen and oxygen atoms in total. The van der Waals surface area contributed by atoms with E-state index in [1.807, 2.05) is 13.2 Å². The summed E-state index contributed by atoms with van der Waals surface area (Å²) in [5.74, 6) is 0.596. The van der Waals surface area contributed by atoms with E-state index >= 15 is 0 Å². The van der Waals surface area contributed by atoms with E-state index in [2.05, 4.69) is 22.1 Å². The molecule has 3 rings (SSSR count). The molecule has 0 saturated carbocycles. The SMILES string of the molecule is CNc1cnc2c(c1N1CC(C)CC(N)C1)CCC2O. The molecule has 20 heavy (non-hydrogen) atoms. The molecule has 1 aromatic heterocycles. The predicted octanol–water partition coefficient (Wildman–Crippen LogP) is 1.28. The smallest absolute Gasteiger partial charge is 0.0966 e. The van der Waals surface area contributed by atoms with Crippen LogP contribution in [0.2, 0.25) is 0 Å². The van der Waals surface area contributed by atoms with Crippen molar-refractivity contribution < 1.29 is 5.11 Å². The summed E-state index contributed by atoms with van der Waals surface area (Å²) in [6.07, 6.45) is 4.19. The molecule has 2 aliphatic rings. The third kappa shape index (κ3) is 2.25. The summed E-state index contributed by atoms with van der Waals surface area (Å²) in [7, 11) is 1.92. The minimum atomic E-state index is -0.412. The molecule has 1 aromatic rings. The van der Waals surface area contributed by atoms with Gasteiger partial charge in [0.15, 0.2) is 0 Å². The lowest BCUT2D eigenvalue weighted by Gasteiger charge is -2.38. The molecule has 3 atom stereocenters. The zero-order valence-corrected chi connectivity index (χ0v) is 12.3. The van der Waals surface area contributed by atoms with Gasteiger partial charge in [0.05, 0.1) is 29.4 Å². The Kier molecular flexibility index (Phi) is 3.56. The number of hydrogen-bond acceptors (Lipinski definition) is 5. The van der Waals surface area contributed by atoms with Crippen molar-refractivity contribution >= 4 is 11.4 Å². The Morgan fingerprint density at radius 1 is 1.45 bits per heavy atom. The average molecular weight is 276 g/mol. The predicted molar refractivity (Wildman–Crippen MR) is 81.0 cm³/mol. The molecular formula is C15H24N4O. The van der Waals surface area contributed by atoms with Crippen LogP contribution in [0.15, 0.2) is 6.20 Å². The molecule has 1 saturated heterocycles. The van der Waals surface area contributed by atoms with Gasteiger partial charge in [0.2, 0.25) is 0 Å². The van der Waals surface area contributed by atoms with E-state index in [-0.39, 0.29) is 6.04 Å².